The molecule has 3 heterocycles. The summed E-state index contributed by atoms with van der Waals surface area (Å²) in [6.07, 6.45) is 5.25. The van der Waals surface area contributed by atoms with Crippen molar-refractivity contribution in [3.63, 3.8) is 0 Å². The summed E-state index contributed by atoms with van der Waals surface area (Å²) in [5.74, 6) is 0.765. The van der Waals surface area contributed by atoms with Crippen LogP contribution in [-0.4, -0.2) is 50.2 Å². The third kappa shape index (κ3) is 4.16. The van der Waals surface area contributed by atoms with Crippen LogP contribution in [0.4, 0.5) is 9.70 Å². The number of hydrogen-bond donors (Lipinski definition) is 1. The normalized spacial score (nSPS) is 23.8. The second-order valence-corrected chi connectivity index (χ2v) is 10.5. The van der Waals surface area contributed by atoms with Crippen molar-refractivity contribution in [2.24, 2.45) is 11.1 Å². The van der Waals surface area contributed by atoms with Gasteiger partial charge in [0, 0.05) is 29.4 Å². The molecule has 2 aliphatic rings. The van der Waals surface area contributed by atoms with E-state index in [1.165, 1.54) is 6.07 Å². The summed E-state index contributed by atoms with van der Waals surface area (Å²) in [7, 11) is -4.89. The van der Waals surface area contributed by atoms with Crippen LogP contribution in [0.1, 0.15) is 19.8 Å². The van der Waals surface area contributed by atoms with Crippen LogP contribution >= 0.6 is 23.4 Å². The molecule has 2 saturated heterocycles. The third-order valence-corrected chi connectivity index (χ3v) is 8.43. The molecule has 1 aromatic carbocycles. The van der Waals surface area contributed by atoms with Gasteiger partial charge >= 0.3 is 10.2 Å². The van der Waals surface area contributed by atoms with E-state index in [9.17, 15) is 12.3 Å². The second kappa shape index (κ2) is 8.23. The molecule has 11 heteroatoms. The van der Waals surface area contributed by atoms with E-state index in [1.807, 2.05) is 6.92 Å². The van der Waals surface area contributed by atoms with Crippen molar-refractivity contribution < 1.29 is 17.0 Å². The fourth-order valence-electron chi connectivity index (χ4n) is 4.05. The lowest BCUT2D eigenvalue weighted by Gasteiger charge is -2.41. The zero-order valence-electron chi connectivity index (χ0n) is 16.3. The summed E-state index contributed by atoms with van der Waals surface area (Å²) in [6, 6.07) is 4.22. The Hall–Kier alpha value is -1.46. The lowest BCUT2D eigenvalue weighted by atomic mass is 9.73. The van der Waals surface area contributed by atoms with Gasteiger partial charge in [-0.2, -0.15) is 8.42 Å². The molecule has 0 amide bonds. The largest absolute Gasteiger partial charge is 0.376 e. The molecule has 0 radical (unpaired) electrons. The van der Waals surface area contributed by atoms with Gasteiger partial charge in [-0.3, -0.25) is 0 Å². The van der Waals surface area contributed by atoms with Gasteiger partial charge in [0.15, 0.2) is 0 Å². The van der Waals surface area contributed by atoms with Crippen LogP contribution in [0.5, 0.6) is 0 Å². The molecule has 30 heavy (non-hydrogen) atoms. The molecule has 0 bridgehead atoms. The first-order valence-corrected chi connectivity index (χ1v) is 12.1. The van der Waals surface area contributed by atoms with Crippen molar-refractivity contribution in [2.45, 2.75) is 46.7 Å². The van der Waals surface area contributed by atoms with Crippen LogP contribution in [0.3, 0.4) is 0 Å². The molecule has 2 aliphatic heterocycles. The Kier molecular flexibility index (Phi) is 5.97. The maximum absolute atomic E-state index is 13.3. The van der Waals surface area contributed by atoms with Crippen LogP contribution in [-0.2, 0) is 15.0 Å². The van der Waals surface area contributed by atoms with Gasteiger partial charge in [-0.05, 0) is 31.9 Å². The van der Waals surface area contributed by atoms with Gasteiger partial charge in [0.2, 0.25) is 0 Å². The number of nitrogens with two attached hydrogens (primary N) is 1. The zero-order chi connectivity index (χ0) is 21.5. The minimum absolute atomic E-state index is 0.0393. The summed E-state index contributed by atoms with van der Waals surface area (Å²) in [5.41, 5.74) is 6.41. The van der Waals surface area contributed by atoms with E-state index >= 15 is 0 Å². The Labute approximate surface area is 184 Å². The number of hydrogen-bond acceptors (Lipinski definition) is 8. The number of rotatable bonds is 4. The quantitative estimate of drug-likeness (QED) is 0.677. The standard InChI is InChI=1S/C19H22ClFN4O3S2/c1-12-18(22)19(11-28-12)5-7-25(8-6-19)15-9-24-16(10-23-15)29-13-3-2-4-14(17(13)20)30(21,26)27/h2-4,9-10,12,18H,5-8,11,22H2,1H3/t12-,18+/m0/s1. The number of aromatic nitrogens is 2. The number of piperidine rings is 1. The summed E-state index contributed by atoms with van der Waals surface area (Å²) in [4.78, 5) is 10.9. The Morgan fingerprint density at radius 1 is 1.30 bits per heavy atom. The molecule has 0 unspecified atom stereocenters. The van der Waals surface area contributed by atoms with Crippen LogP contribution in [0.15, 0.2) is 45.4 Å². The van der Waals surface area contributed by atoms with Crippen molar-refractivity contribution in [1.82, 2.24) is 9.97 Å². The van der Waals surface area contributed by atoms with E-state index < -0.39 is 15.1 Å². The highest BCUT2D eigenvalue weighted by Gasteiger charge is 2.47. The van der Waals surface area contributed by atoms with Gasteiger partial charge in [0.05, 0.1) is 30.1 Å². The SMILES string of the molecule is C[C@@H]1OCC2(CCN(c3cnc(Sc4cccc(S(=O)(=O)F)c4Cl)cn3)CC2)[C@@H]1N. The molecule has 2 N–H and O–H groups in total. The summed E-state index contributed by atoms with van der Waals surface area (Å²) >= 11 is 7.19. The highest BCUT2D eigenvalue weighted by Crippen LogP contribution is 2.42. The fraction of sp³-hybridized carbons (Fsp3) is 0.474. The van der Waals surface area contributed by atoms with Gasteiger partial charge < -0.3 is 15.4 Å². The average Bonchev–Trinajstić information content (AvgIpc) is 2.99. The molecule has 0 aliphatic carbocycles. The zero-order valence-corrected chi connectivity index (χ0v) is 18.7. The molecule has 1 aromatic heterocycles. The smallest absolute Gasteiger partial charge is 0.333 e. The number of halogens is 2. The van der Waals surface area contributed by atoms with E-state index in [0.717, 1.165) is 49.6 Å². The van der Waals surface area contributed by atoms with Crippen molar-refractivity contribution in [2.75, 3.05) is 24.6 Å². The first-order valence-electron chi connectivity index (χ1n) is 9.55. The minimum Gasteiger partial charge on any atom is -0.376 e. The van der Waals surface area contributed by atoms with Gasteiger partial charge in [-0.1, -0.05) is 29.4 Å². The van der Waals surface area contributed by atoms with Crippen LogP contribution in [0.2, 0.25) is 5.02 Å². The lowest BCUT2D eigenvalue weighted by Crippen LogP contribution is -2.50. The molecular formula is C19H22ClFN4O3S2. The van der Waals surface area contributed by atoms with Crippen molar-refractivity contribution in [1.29, 1.82) is 0 Å². The van der Waals surface area contributed by atoms with Crippen LogP contribution in [0.25, 0.3) is 0 Å². The highest BCUT2D eigenvalue weighted by molar-refractivity contribution is 7.99. The Morgan fingerprint density at radius 3 is 2.60 bits per heavy atom. The van der Waals surface area contributed by atoms with Gasteiger partial charge in [0.25, 0.3) is 0 Å². The summed E-state index contributed by atoms with van der Waals surface area (Å²) in [5, 5.41) is 0.365. The molecule has 2 aromatic rings. The first kappa shape index (κ1) is 21.8. The maximum atomic E-state index is 13.3. The van der Waals surface area contributed by atoms with E-state index in [-0.39, 0.29) is 22.6 Å². The third-order valence-electron chi connectivity index (χ3n) is 5.95. The molecule has 1 spiro atoms. The van der Waals surface area contributed by atoms with Crippen LogP contribution in [0, 0.1) is 5.41 Å². The number of benzene rings is 1. The molecule has 7 nitrogen and oxygen atoms in total. The van der Waals surface area contributed by atoms with E-state index in [1.54, 1.807) is 18.5 Å². The average molecular weight is 473 g/mol. The minimum atomic E-state index is -4.89. The summed E-state index contributed by atoms with van der Waals surface area (Å²) in [6.45, 7) is 4.39. The fourth-order valence-corrected chi connectivity index (χ4v) is 5.98. The monoisotopic (exact) mass is 472 g/mol. The van der Waals surface area contributed by atoms with E-state index in [0.29, 0.717) is 16.5 Å². The van der Waals surface area contributed by atoms with Gasteiger partial charge in [-0.15, -0.1) is 3.89 Å². The topological polar surface area (TPSA) is 98.4 Å². The summed E-state index contributed by atoms with van der Waals surface area (Å²) < 4.78 is 41.5. The first-order chi connectivity index (χ1) is 14.2. The highest BCUT2D eigenvalue weighted by atomic mass is 35.5. The molecule has 0 saturated carbocycles. The Morgan fingerprint density at radius 2 is 2.03 bits per heavy atom. The van der Waals surface area contributed by atoms with Gasteiger partial charge in [0.1, 0.15) is 15.7 Å². The molecule has 4 rings (SSSR count). The number of ether oxygens (including phenoxy) is 1. The van der Waals surface area contributed by atoms with E-state index in [4.69, 9.17) is 22.1 Å². The van der Waals surface area contributed by atoms with Gasteiger partial charge in [-0.25, -0.2) is 9.97 Å². The van der Waals surface area contributed by atoms with Crippen LogP contribution < -0.4 is 10.6 Å². The van der Waals surface area contributed by atoms with Crippen molar-refractivity contribution in [3.05, 3.63) is 35.6 Å². The second-order valence-electron chi connectivity index (χ2n) is 7.71. The number of anilines is 1. The lowest BCUT2D eigenvalue weighted by molar-refractivity contribution is 0.0974. The number of nitrogens with zero attached hydrogens (tertiary/aromatic N) is 3. The molecular weight excluding hydrogens is 451 g/mol. The predicted octanol–water partition coefficient (Wildman–Crippen LogP) is 3.27. The molecule has 162 valence electrons. The molecule has 2 atom stereocenters. The van der Waals surface area contributed by atoms with Crippen molar-refractivity contribution >= 4 is 39.4 Å². The Bertz CT molecular complexity index is 1030. The van der Waals surface area contributed by atoms with E-state index in [2.05, 4.69) is 14.9 Å². The maximum Gasteiger partial charge on any atom is 0.333 e. The predicted molar refractivity (Wildman–Crippen MR) is 113 cm³/mol. The van der Waals surface area contributed by atoms with Crippen molar-refractivity contribution in [3.8, 4) is 0 Å². The Balaban J connectivity index is 1.44. The molecule has 2 fully saturated rings.